The molecule has 3 amide bonds. The molecule has 0 unspecified atom stereocenters. The highest BCUT2D eigenvalue weighted by molar-refractivity contribution is 7.90. The van der Waals surface area contributed by atoms with E-state index in [9.17, 15) is 22.8 Å². The van der Waals surface area contributed by atoms with Crippen LogP contribution in [-0.4, -0.2) is 49.4 Å². The van der Waals surface area contributed by atoms with Crippen molar-refractivity contribution in [1.29, 1.82) is 0 Å². The Balaban J connectivity index is 1.81. The SMILES string of the molecule is CN1C(=O)c2ccc(NC(=O)CCCCNS(=O)(=O)C(C)(C)C)cc2C1=O. The van der Waals surface area contributed by atoms with Crippen LogP contribution in [-0.2, 0) is 14.8 Å². The fourth-order valence-corrected chi connectivity index (χ4v) is 3.34. The van der Waals surface area contributed by atoms with Gasteiger partial charge in [0, 0.05) is 25.7 Å². The molecule has 0 spiro atoms. The summed E-state index contributed by atoms with van der Waals surface area (Å²) in [5.41, 5.74) is 1.05. The Labute approximate surface area is 159 Å². The monoisotopic (exact) mass is 395 g/mol. The van der Waals surface area contributed by atoms with Gasteiger partial charge in [0.05, 0.1) is 15.9 Å². The van der Waals surface area contributed by atoms with Gasteiger partial charge in [0.25, 0.3) is 11.8 Å². The van der Waals surface area contributed by atoms with Crippen molar-refractivity contribution in [3.8, 4) is 0 Å². The van der Waals surface area contributed by atoms with Gasteiger partial charge in [-0.05, 0) is 51.8 Å². The number of hydrogen-bond donors (Lipinski definition) is 2. The molecular weight excluding hydrogens is 370 g/mol. The van der Waals surface area contributed by atoms with Crippen molar-refractivity contribution in [2.24, 2.45) is 0 Å². The molecule has 2 N–H and O–H groups in total. The standard InChI is InChI=1S/C18H25N3O5S/c1-18(2,3)27(25,26)19-10-6-5-7-15(22)20-12-8-9-13-14(11-12)17(24)21(4)16(13)23/h8-9,11,19H,5-7,10H2,1-4H3,(H,20,22). The molecule has 0 saturated carbocycles. The molecule has 148 valence electrons. The Kier molecular flexibility index (Phi) is 6.06. The second-order valence-electron chi connectivity index (χ2n) is 7.45. The van der Waals surface area contributed by atoms with Crippen LogP contribution >= 0.6 is 0 Å². The normalized spacial score (nSPS) is 14.4. The summed E-state index contributed by atoms with van der Waals surface area (Å²) in [4.78, 5) is 36.9. The van der Waals surface area contributed by atoms with Gasteiger partial charge >= 0.3 is 0 Å². The van der Waals surface area contributed by atoms with Gasteiger partial charge in [-0.2, -0.15) is 0 Å². The van der Waals surface area contributed by atoms with E-state index in [1.165, 1.54) is 19.2 Å². The third-order valence-electron chi connectivity index (χ3n) is 4.30. The quantitative estimate of drug-likeness (QED) is 0.539. The highest BCUT2D eigenvalue weighted by Crippen LogP contribution is 2.24. The van der Waals surface area contributed by atoms with Crippen molar-refractivity contribution in [2.45, 2.75) is 44.8 Å². The van der Waals surface area contributed by atoms with Crippen LogP contribution in [0.4, 0.5) is 5.69 Å². The zero-order chi connectivity index (χ0) is 20.4. The number of benzene rings is 1. The Morgan fingerprint density at radius 3 is 2.33 bits per heavy atom. The predicted octanol–water partition coefficient (Wildman–Crippen LogP) is 1.74. The van der Waals surface area contributed by atoms with Crippen LogP contribution < -0.4 is 10.0 Å². The van der Waals surface area contributed by atoms with E-state index in [2.05, 4.69) is 10.0 Å². The Hall–Kier alpha value is -2.26. The fourth-order valence-electron chi connectivity index (χ4n) is 2.50. The number of carbonyl (C=O) groups excluding carboxylic acids is 3. The molecule has 9 heteroatoms. The van der Waals surface area contributed by atoms with Gasteiger partial charge in [-0.1, -0.05) is 0 Å². The topological polar surface area (TPSA) is 113 Å². The van der Waals surface area contributed by atoms with Gasteiger partial charge in [0.2, 0.25) is 15.9 Å². The van der Waals surface area contributed by atoms with E-state index < -0.39 is 20.7 Å². The Morgan fingerprint density at radius 1 is 1.07 bits per heavy atom. The minimum atomic E-state index is -3.38. The molecule has 1 aromatic rings. The lowest BCUT2D eigenvalue weighted by Gasteiger charge is -2.19. The summed E-state index contributed by atoms with van der Waals surface area (Å²) in [7, 11) is -1.97. The summed E-state index contributed by atoms with van der Waals surface area (Å²) in [6.45, 7) is 5.13. The molecule has 0 radical (unpaired) electrons. The molecule has 27 heavy (non-hydrogen) atoms. The molecule has 0 saturated heterocycles. The van der Waals surface area contributed by atoms with Crippen LogP contribution in [0.15, 0.2) is 18.2 Å². The second-order valence-corrected chi connectivity index (χ2v) is 9.97. The smallest absolute Gasteiger partial charge is 0.261 e. The Morgan fingerprint density at radius 2 is 1.70 bits per heavy atom. The minimum absolute atomic E-state index is 0.223. The predicted molar refractivity (Wildman–Crippen MR) is 102 cm³/mol. The van der Waals surface area contributed by atoms with E-state index in [1.807, 2.05) is 0 Å². The van der Waals surface area contributed by atoms with Crippen molar-refractivity contribution < 1.29 is 22.8 Å². The third kappa shape index (κ3) is 4.72. The lowest BCUT2D eigenvalue weighted by Crippen LogP contribution is -2.39. The maximum atomic E-state index is 12.0. The van der Waals surface area contributed by atoms with Crippen LogP contribution in [0.2, 0.25) is 0 Å². The largest absolute Gasteiger partial charge is 0.326 e. The van der Waals surface area contributed by atoms with Gasteiger partial charge in [-0.25, -0.2) is 13.1 Å². The first-order chi connectivity index (χ1) is 12.4. The third-order valence-corrected chi connectivity index (χ3v) is 6.50. The summed E-state index contributed by atoms with van der Waals surface area (Å²) < 4.78 is 25.5. The first-order valence-electron chi connectivity index (χ1n) is 8.69. The molecule has 1 aliphatic rings. The van der Waals surface area contributed by atoms with E-state index >= 15 is 0 Å². The maximum absolute atomic E-state index is 12.0. The van der Waals surface area contributed by atoms with Crippen LogP contribution in [0.3, 0.4) is 0 Å². The zero-order valence-corrected chi connectivity index (χ0v) is 16.8. The number of imide groups is 1. The molecule has 0 fully saturated rings. The van der Waals surface area contributed by atoms with Gasteiger partial charge < -0.3 is 5.32 Å². The number of fused-ring (bicyclic) bond motifs is 1. The van der Waals surface area contributed by atoms with Gasteiger partial charge in [0.1, 0.15) is 0 Å². The van der Waals surface area contributed by atoms with Crippen LogP contribution in [0, 0.1) is 0 Å². The number of amides is 3. The number of nitrogens with zero attached hydrogens (tertiary/aromatic N) is 1. The fraction of sp³-hybridized carbons (Fsp3) is 0.500. The molecule has 0 atom stereocenters. The van der Waals surface area contributed by atoms with Crippen LogP contribution in [0.1, 0.15) is 60.7 Å². The number of nitrogens with one attached hydrogen (secondary N) is 2. The van der Waals surface area contributed by atoms with Gasteiger partial charge in [-0.3, -0.25) is 19.3 Å². The van der Waals surface area contributed by atoms with E-state index in [0.29, 0.717) is 24.1 Å². The van der Waals surface area contributed by atoms with Crippen molar-refractivity contribution in [1.82, 2.24) is 9.62 Å². The molecule has 1 aliphatic heterocycles. The average molecular weight is 395 g/mol. The molecule has 1 aromatic carbocycles. The van der Waals surface area contributed by atoms with Crippen LogP contribution in [0.5, 0.6) is 0 Å². The molecule has 1 heterocycles. The molecule has 0 aliphatic carbocycles. The van der Waals surface area contributed by atoms with E-state index in [-0.39, 0.29) is 30.3 Å². The molecule has 8 nitrogen and oxygen atoms in total. The molecule has 0 aromatic heterocycles. The first kappa shape index (κ1) is 21.0. The summed E-state index contributed by atoms with van der Waals surface area (Å²) in [6.07, 6.45) is 1.27. The lowest BCUT2D eigenvalue weighted by atomic mass is 10.1. The van der Waals surface area contributed by atoms with E-state index in [0.717, 1.165) is 4.90 Å². The first-order valence-corrected chi connectivity index (χ1v) is 10.2. The summed E-state index contributed by atoms with van der Waals surface area (Å²) in [6, 6.07) is 4.60. The second kappa shape index (κ2) is 7.77. The van der Waals surface area contributed by atoms with Crippen molar-refractivity contribution >= 4 is 33.4 Å². The Bertz CT molecular complexity index is 871. The van der Waals surface area contributed by atoms with Crippen molar-refractivity contribution in [3.05, 3.63) is 29.3 Å². The van der Waals surface area contributed by atoms with E-state index in [4.69, 9.17) is 0 Å². The highest BCUT2D eigenvalue weighted by atomic mass is 32.2. The maximum Gasteiger partial charge on any atom is 0.261 e. The number of sulfonamides is 1. The summed E-state index contributed by atoms with van der Waals surface area (Å²) in [5, 5.41) is 2.69. The van der Waals surface area contributed by atoms with Crippen molar-refractivity contribution in [2.75, 3.05) is 18.9 Å². The lowest BCUT2D eigenvalue weighted by molar-refractivity contribution is -0.116. The minimum Gasteiger partial charge on any atom is -0.326 e. The van der Waals surface area contributed by atoms with E-state index in [1.54, 1.807) is 26.8 Å². The number of unbranched alkanes of at least 4 members (excludes halogenated alkanes) is 1. The number of rotatable bonds is 7. The van der Waals surface area contributed by atoms with Crippen molar-refractivity contribution in [3.63, 3.8) is 0 Å². The number of hydrogen-bond acceptors (Lipinski definition) is 5. The molecular formula is C18H25N3O5S. The number of anilines is 1. The average Bonchev–Trinajstić information content (AvgIpc) is 2.78. The highest BCUT2D eigenvalue weighted by Gasteiger charge is 2.32. The summed E-state index contributed by atoms with van der Waals surface area (Å²) in [5.74, 6) is -0.985. The summed E-state index contributed by atoms with van der Waals surface area (Å²) >= 11 is 0. The molecule has 0 bridgehead atoms. The van der Waals surface area contributed by atoms with Gasteiger partial charge in [-0.15, -0.1) is 0 Å². The van der Waals surface area contributed by atoms with Gasteiger partial charge in [0.15, 0.2) is 0 Å². The zero-order valence-electron chi connectivity index (χ0n) is 16.0. The molecule has 2 rings (SSSR count). The van der Waals surface area contributed by atoms with Crippen LogP contribution in [0.25, 0.3) is 0 Å². The number of carbonyl (C=O) groups is 3.